The number of ketones is 1. The average Bonchev–Trinajstić information content (AvgIpc) is 2.39. The summed E-state index contributed by atoms with van der Waals surface area (Å²) < 4.78 is 5.90. The summed E-state index contributed by atoms with van der Waals surface area (Å²) in [6, 6.07) is 10.8. The largest absolute Gasteiger partial charge is 0.496 e. The number of halogens is 1. The number of pyridine rings is 1. The van der Waals surface area contributed by atoms with Crippen LogP contribution in [0.25, 0.3) is 0 Å². The molecular weight excluding hydrogens is 294 g/mol. The molecule has 0 bridgehead atoms. The molecule has 0 unspecified atom stereocenters. The van der Waals surface area contributed by atoms with Crippen molar-refractivity contribution in [3.63, 3.8) is 0 Å². The highest BCUT2D eigenvalue weighted by molar-refractivity contribution is 9.10. The van der Waals surface area contributed by atoms with Gasteiger partial charge >= 0.3 is 0 Å². The van der Waals surface area contributed by atoms with Crippen LogP contribution in [0.3, 0.4) is 0 Å². The maximum atomic E-state index is 12.1. The van der Waals surface area contributed by atoms with Crippen molar-refractivity contribution < 1.29 is 9.53 Å². The van der Waals surface area contributed by atoms with Crippen LogP contribution in [0.5, 0.6) is 5.75 Å². The molecule has 1 aromatic heterocycles. The van der Waals surface area contributed by atoms with Crippen molar-refractivity contribution in [2.24, 2.45) is 0 Å². The second kappa shape index (κ2) is 5.78. The Morgan fingerprint density at radius 1 is 1.33 bits per heavy atom. The van der Waals surface area contributed by atoms with Gasteiger partial charge in [0.15, 0.2) is 5.78 Å². The lowest BCUT2D eigenvalue weighted by atomic mass is 10.1. The number of methoxy groups -OCH3 is 1. The van der Waals surface area contributed by atoms with Crippen LogP contribution in [-0.4, -0.2) is 17.9 Å². The molecule has 0 radical (unpaired) electrons. The Balaban J connectivity index is 2.17. The highest BCUT2D eigenvalue weighted by atomic mass is 79.9. The van der Waals surface area contributed by atoms with Gasteiger partial charge in [-0.25, -0.2) is 0 Å². The number of rotatable bonds is 4. The Hall–Kier alpha value is -1.68. The number of carbonyl (C=O) groups excluding carboxylic acids is 1. The van der Waals surface area contributed by atoms with E-state index in [1.54, 1.807) is 31.5 Å². The second-order valence-corrected chi connectivity index (χ2v) is 4.62. The van der Waals surface area contributed by atoms with Gasteiger partial charge in [-0.05, 0) is 46.3 Å². The summed E-state index contributed by atoms with van der Waals surface area (Å²) in [4.78, 5) is 16.2. The number of ether oxygens (including phenoxy) is 1. The minimum atomic E-state index is 0.0389. The van der Waals surface area contributed by atoms with E-state index in [4.69, 9.17) is 4.74 Å². The summed E-state index contributed by atoms with van der Waals surface area (Å²) in [5.74, 6) is 0.751. The van der Waals surface area contributed by atoms with Gasteiger partial charge in [0, 0.05) is 17.5 Å². The Kier molecular flexibility index (Phi) is 4.10. The molecule has 18 heavy (non-hydrogen) atoms. The summed E-state index contributed by atoms with van der Waals surface area (Å²) in [6.07, 6.45) is 1.99. The number of aromatic nitrogens is 1. The Morgan fingerprint density at radius 2 is 2.17 bits per heavy atom. The normalized spacial score (nSPS) is 10.1. The van der Waals surface area contributed by atoms with Gasteiger partial charge in [0.2, 0.25) is 0 Å². The van der Waals surface area contributed by atoms with Gasteiger partial charge in [-0.3, -0.25) is 9.78 Å². The molecule has 0 aliphatic rings. The predicted octanol–water partition coefficient (Wildman–Crippen LogP) is 3.28. The lowest BCUT2D eigenvalue weighted by Crippen LogP contribution is -2.05. The second-order valence-electron chi connectivity index (χ2n) is 3.77. The minimum absolute atomic E-state index is 0.0389. The van der Waals surface area contributed by atoms with Crippen LogP contribution >= 0.6 is 15.9 Å². The third-order valence-corrected chi connectivity index (χ3v) is 3.16. The standard InChI is InChI=1S/C14H12BrNO2/c1-18-14-6-5-10(8-12(14)15)13(17)9-11-4-2-3-7-16-11/h2-8H,9H2,1H3. The van der Waals surface area contributed by atoms with Gasteiger partial charge in [-0.2, -0.15) is 0 Å². The minimum Gasteiger partial charge on any atom is -0.496 e. The van der Waals surface area contributed by atoms with E-state index in [9.17, 15) is 4.79 Å². The Labute approximate surface area is 114 Å². The quantitative estimate of drug-likeness (QED) is 0.814. The van der Waals surface area contributed by atoms with Crippen molar-refractivity contribution in [1.82, 2.24) is 4.98 Å². The maximum absolute atomic E-state index is 12.1. The third-order valence-electron chi connectivity index (χ3n) is 2.54. The van der Waals surface area contributed by atoms with Crippen LogP contribution in [0.1, 0.15) is 16.1 Å². The van der Waals surface area contributed by atoms with Gasteiger partial charge < -0.3 is 4.74 Å². The summed E-state index contributed by atoms with van der Waals surface area (Å²) in [7, 11) is 1.59. The van der Waals surface area contributed by atoms with Crippen molar-refractivity contribution >= 4 is 21.7 Å². The first kappa shape index (κ1) is 12.8. The Morgan fingerprint density at radius 3 is 2.78 bits per heavy atom. The first-order chi connectivity index (χ1) is 8.70. The van der Waals surface area contributed by atoms with Crippen molar-refractivity contribution in [2.75, 3.05) is 7.11 Å². The zero-order chi connectivity index (χ0) is 13.0. The number of benzene rings is 1. The van der Waals surface area contributed by atoms with E-state index in [2.05, 4.69) is 20.9 Å². The Bertz CT molecular complexity index is 555. The van der Waals surface area contributed by atoms with Crippen LogP contribution in [0, 0.1) is 0 Å². The monoisotopic (exact) mass is 305 g/mol. The van der Waals surface area contributed by atoms with Crippen LogP contribution in [0.2, 0.25) is 0 Å². The molecule has 0 spiro atoms. The van der Waals surface area contributed by atoms with E-state index in [1.165, 1.54) is 0 Å². The van der Waals surface area contributed by atoms with E-state index in [1.807, 2.05) is 18.2 Å². The molecule has 0 amide bonds. The summed E-state index contributed by atoms with van der Waals surface area (Å²) in [5, 5.41) is 0. The van der Waals surface area contributed by atoms with Gasteiger partial charge in [-0.15, -0.1) is 0 Å². The SMILES string of the molecule is COc1ccc(C(=O)Cc2ccccn2)cc1Br. The molecule has 0 aliphatic heterocycles. The van der Waals surface area contributed by atoms with Crippen molar-refractivity contribution in [3.8, 4) is 5.75 Å². The molecule has 2 rings (SSSR count). The average molecular weight is 306 g/mol. The third kappa shape index (κ3) is 2.96. The lowest BCUT2D eigenvalue weighted by molar-refractivity contribution is 0.0992. The number of nitrogens with zero attached hydrogens (tertiary/aromatic N) is 1. The van der Waals surface area contributed by atoms with E-state index in [0.29, 0.717) is 17.7 Å². The molecule has 0 saturated heterocycles. The number of hydrogen-bond acceptors (Lipinski definition) is 3. The van der Waals surface area contributed by atoms with Crippen LogP contribution in [-0.2, 0) is 6.42 Å². The number of carbonyl (C=O) groups is 1. The molecule has 0 N–H and O–H groups in total. The van der Waals surface area contributed by atoms with Crippen LogP contribution < -0.4 is 4.74 Å². The molecule has 2 aromatic rings. The fraction of sp³-hybridized carbons (Fsp3) is 0.143. The molecule has 0 aliphatic carbocycles. The summed E-state index contributed by atoms with van der Waals surface area (Å²) >= 11 is 3.37. The molecule has 0 atom stereocenters. The fourth-order valence-electron chi connectivity index (χ4n) is 1.61. The van der Waals surface area contributed by atoms with Crippen LogP contribution in [0.4, 0.5) is 0 Å². The molecular formula is C14H12BrNO2. The van der Waals surface area contributed by atoms with Gasteiger partial charge in [0.05, 0.1) is 18.0 Å². The van der Waals surface area contributed by atoms with E-state index in [0.717, 1.165) is 10.2 Å². The predicted molar refractivity (Wildman–Crippen MR) is 73.0 cm³/mol. The zero-order valence-corrected chi connectivity index (χ0v) is 11.5. The first-order valence-corrected chi connectivity index (χ1v) is 6.26. The maximum Gasteiger partial charge on any atom is 0.168 e. The fourth-order valence-corrected chi connectivity index (χ4v) is 2.15. The van der Waals surface area contributed by atoms with Crippen molar-refractivity contribution in [2.45, 2.75) is 6.42 Å². The highest BCUT2D eigenvalue weighted by Gasteiger charge is 2.10. The van der Waals surface area contributed by atoms with Gasteiger partial charge in [0.1, 0.15) is 5.75 Å². The molecule has 3 nitrogen and oxygen atoms in total. The lowest BCUT2D eigenvalue weighted by Gasteiger charge is -2.05. The number of Topliss-reactive ketones (excluding diaryl/α,β-unsaturated/α-hetero) is 1. The van der Waals surface area contributed by atoms with E-state index in [-0.39, 0.29) is 5.78 Å². The molecule has 1 heterocycles. The smallest absolute Gasteiger partial charge is 0.168 e. The van der Waals surface area contributed by atoms with E-state index < -0.39 is 0 Å². The van der Waals surface area contributed by atoms with Gasteiger partial charge in [0.25, 0.3) is 0 Å². The molecule has 1 aromatic carbocycles. The van der Waals surface area contributed by atoms with Crippen LogP contribution in [0.15, 0.2) is 47.1 Å². The molecule has 92 valence electrons. The molecule has 0 fully saturated rings. The molecule has 0 saturated carbocycles. The topological polar surface area (TPSA) is 39.2 Å². The zero-order valence-electron chi connectivity index (χ0n) is 9.89. The first-order valence-electron chi connectivity index (χ1n) is 5.47. The van der Waals surface area contributed by atoms with Gasteiger partial charge in [-0.1, -0.05) is 6.07 Å². The van der Waals surface area contributed by atoms with E-state index >= 15 is 0 Å². The number of hydrogen-bond donors (Lipinski definition) is 0. The summed E-state index contributed by atoms with van der Waals surface area (Å²) in [5.41, 5.74) is 1.42. The highest BCUT2D eigenvalue weighted by Crippen LogP contribution is 2.25. The molecule has 4 heteroatoms. The van der Waals surface area contributed by atoms with Crippen molar-refractivity contribution in [1.29, 1.82) is 0 Å². The van der Waals surface area contributed by atoms with Crippen molar-refractivity contribution in [3.05, 3.63) is 58.3 Å². The summed E-state index contributed by atoms with van der Waals surface area (Å²) in [6.45, 7) is 0.